The molecule has 0 radical (unpaired) electrons. The van der Waals surface area contributed by atoms with E-state index in [1.54, 1.807) is 0 Å². The van der Waals surface area contributed by atoms with Gasteiger partial charge in [-0.05, 0) is 37.6 Å². The molecular weight excluding hydrogens is 506 g/mol. The van der Waals surface area contributed by atoms with Gasteiger partial charge in [-0.3, -0.25) is 4.79 Å². The van der Waals surface area contributed by atoms with Crippen molar-refractivity contribution in [1.29, 1.82) is 0 Å². The third-order valence-corrected chi connectivity index (χ3v) is 4.30. The van der Waals surface area contributed by atoms with Gasteiger partial charge in [-0.2, -0.15) is 23.0 Å². The largest absolute Gasteiger partial charge is 0.493 e. The van der Waals surface area contributed by atoms with Crippen LogP contribution in [-0.2, 0) is 25.7 Å². The Labute approximate surface area is 187 Å². The van der Waals surface area contributed by atoms with Crippen LogP contribution in [0.1, 0.15) is 32.7 Å². The van der Waals surface area contributed by atoms with Crippen molar-refractivity contribution in [3.63, 3.8) is 0 Å². The molecule has 0 saturated heterocycles. The molecule has 3 rings (SSSR count). The van der Waals surface area contributed by atoms with Crippen LogP contribution in [0.25, 0.3) is 5.69 Å². The first-order valence-corrected chi connectivity index (χ1v) is 8.29. The molecule has 2 aromatic carbocycles. The SMILES string of the molecule is Cc1cc(F)cc(C(=O)c2c(C)nn(-c3c(F)c(F)c(C(F)(F)F)c(F)c3F)c2O)c1.[Zn]. The van der Waals surface area contributed by atoms with Crippen molar-refractivity contribution in [2.75, 3.05) is 0 Å². The van der Waals surface area contributed by atoms with E-state index < -0.39 is 69.4 Å². The van der Waals surface area contributed by atoms with Crippen molar-refractivity contribution in [3.8, 4) is 11.6 Å². The van der Waals surface area contributed by atoms with Crippen molar-refractivity contribution in [2.24, 2.45) is 0 Å². The zero-order chi connectivity index (χ0) is 23.4. The molecule has 0 bridgehead atoms. The summed E-state index contributed by atoms with van der Waals surface area (Å²) in [5.74, 6) is -13.7. The molecular formula is C19H10F8N2O2Zn. The van der Waals surface area contributed by atoms with Crippen LogP contribution >= 0.6 is 0 Å². The van der Waals surface area contributed by atoms with E-state index in [1.165, 1.54) is 13.0 Å². The van der Waals surface area contributed by atoms with Gasteiger partial charge < -0.3 is 5.11 Å². The van der Waals surface area contributed by atoms with Gasteiger partial charge in [-0.1, -0.05) is 0 Å². The van der Waals surface area contributed by atoms with Gasteiger partial charge in [-0.15, -0.1) is 0 Å². The summed E-state index contributed by atoms with van der Waals surface area (Å²) in [6.45, 7) is 2.52. The molecule has 32 heavy (non-hydrogen) atoms. The quantitative estimate of drug-likeness (QED) is 0.228. The third-order valence-electron chi connectivity index (χ3n) is 4.30. The molecule has 1 heterocycles. The van der Waals surface area contributed by atoms with Crippen LogP contribution in [0.5, 0.6) is 5.88 Å². The summed E-state index contributed by atoms with van der Waals surface area (Å²) in [7, 11) is 0. The first kappa shape index (κ1) is 25.4. The molecule has 1 aromatic heterocycles. The molecule has 0 amide bonds. The molecule has 1 N–H and O–H groups in total. The number of alkyl halides is 3. The molecule has 0 atom stereocenters. The number of benzene rings is 2. The predicted octanol–water partition coefficient (Wildman–Crippen LogP) is 5.14. The molecule has 0 fully saturated rings. The number of hydrogen-bond donors (Lipinski definition) is 1. The topological polar surface area (TPSA) is 55.1 Å². The predicted molar refractivity (Wildman–Crippen MR) is 89.4 cm³/mol. The van der Waals surface area contributed by atoms with E-state index in [1.807, 2.05) is 0 Å². The van der Waals surface area contributed by atoms with Gasteiger partial charge >= 0.3 is 6.18 Å². The van der Waals surface area contributed by atoms with E-state index in [2.05, 4.69) is 5.10 Å². The van der Waals surface area contributed by atoms with Crippen LogP contribution in [0.2, 0.25) is 0 Å². The number of halogens is 8. The molecule has 13 heteroatoms. The Morgan fingerprint density at radius 1 is 0.938 bits per heavy atom. The minimum absolute atomic E-state index is 0. The Bertz CT molecular complexity index is 1190. The molecule has 0 aliphatic heterocycles. The van der Waals surface area contributed by atoms with E-state index in [9.17, 15) is 45.0 Å². The Morgan fingerprint density at radius 2 is 1.47 bits per heavy atom. The van der Waals surface area contributed by atoms with E-state index in [4.69, 9.17) is 0 Å². The number of aromatic nitrogens is 2. The average Bonchev–Trinajstić information content (AvgIpc) is 2.92. The minimum atomic E-state index is -5.76. The van der Waals surface area contributed by atoms with Gasteiger partial charge in [0.2, 0.25) is 5.88 Å². The molecule has 0 aliphatic rings. The van der Waals surface area contributed by atoms with Gasteiger partial charge in [-0.25, -0.2) is 22.0 Å². The summed E-state index contributed by atoms with van der Waals surface area (Å²) in [5.41, 5.74) is -5.69. The van der Waals surface area contributed by atoms with E-state index in [0.717, 1.165) is 19.1 Å². The normalized spacial score (nSPS) is 11.4. The summed E-state index contributed by atoms with van der Waals surface area (Å²) in [5, 5.41) is 13.7. The Hall–Kier alpha value is -2.82. The first-order chi connectivity index (χ1) is 14.3. The Kier molecular flexibility index (Phi) is 6.85. The van der Waals surface area contributed by atoms with Crippen LogP contribution < -0.4 is 0 Å². The summed E-state index contributed by atoms with van der Waals surface area (Å²) in [6.07, 6.45) is -5.76. The van der Waals surface area contributed by atoms with Crippen molar-refractivity contribution in [2.45, 2.75) is 20.0 Å². The second kappa shape index (κ2) is 8.61. The monoisotopic (exact) mass is 514 g/mol. The third kappa shape index (κ3) is 4.13. The molecule has 0 unspecified atom stereocenters. The van der Waals surface area contributed by atoms with Gasteiger partial charge in [0, 0.05) is 25.0 Å². The van der Waals surface area contributed by atoms with Crippen molar-refractivity contribution < 1.29 is 64.5 Å². The maximum atomic E-state index is 14.3. The minimum Gasteiger partial charge on any atom is -0.493 e. The van der Waals surface area contributed by atoms with E-state index >= 15 is 0 Å². The number of carbonyl (C=O) groups is 1. The molecule has 3 aromatic rings. The first-order valence-electron chi connectivity index (χ1n) is 8.29. The summed E-state index contributed by atoms with van der Waals surface area (Å²) < 4.78 is 108. The Balaban J connectivity index is 0.00000363. The van der Waals surface area contributed by atoms with Gasteiger partial charge in [0.1, 0.15) is 22.6 Å². The molecule has 0 aliphatic carbocycles. The summed E-state index contributed by atoms with van der Waals surface area (Å²) in [6, 6.07) is 3.11. The summed E-state index contributed by atoms with van der Waals surface area (Å²) >= 11 is 0. The zero-order valence-corrected chi connectivity index (χ0v) is 19.2. The van der Waals surface area contributed by atoms with Crippen LogP contribution in [0, 0.1) is 42.9 Å². The smallest absolute Gasteiger partial charge is 0.422 e. The van der Waals surface area contributed by atoms with Crippen molar-refractivity contribution in [3.05, 3.63) is 75.2 Å². The van der Waals surface area contributed by atoms with Crippen LogP contribution in [0.3, 0.4) is 0 Å². The molecule has 0 saturated carbocycles. The van der Waals surface area contributed by atoms with Crippen LogP contribution in [0.15, 0.2) is 18.2 Å². The summed E-state index contributed by atoms with van der Waals surface area (Å²) in [4.78, 5) is 12.7. The fourth-order valence-corrected chi connectivity index (χ4v) is 3.00. The van der Waals surface area contributed by atoms with Gasteiger partial charge in [0.05, 0.1) is 5.69 Å². The number of aromatic hydroxyl groups is 1. The second-order valence-corrected chi connectivity index (χ2v) is 6.52. The number of ketones is 1. The number of nitrogens with zero attached hydrogens (tertiary/aromatic N) is 2. The average molecular weight is 516 g/mol. The van der Waals surface area contributed by atoms with Crippen molar-refractivity contribution >= 4 is 5.78 Å². The molecule has 0 spiro atoms. The Morgan fingerprint density at radius 3 is 1.94 bits per heavy atom. The number of carbonyl (C=O) groups excluding carboxylic acids is 1. The number of aryl methyl sites for hydroxylation is 2. The van der Waals surface area contributed by atoms with Gasteiger partial charge in [0.15, 0.2) is 29.1 Å². The van der Waals surface area contributed by atoms with E-state index in [0.29, 0.717) is 5.56 Å². The number of rotatable bonds is 3. The number of hydrogen-bond acceptors (Lipinski definition) is 3. The fraction of sp³-hybridized carbons (Fsp3) is 0.158. The maximum absolute atomic E-state index is 14.3. The van der Waals surface area contributed by atoms with Crippen molar-refractivity contribution in [1.82, 2.24) is 9.78 Å². The second-order valence-electron chi connectivity index (χ2n) is 6.52. The zero-order valence-electron chi connectivity index (χ0n) is 16.2. The fourth-order valence-electron chi connectivity index (χ4n) is 3.00. The van der Waals surface area contributed by atoms with Crippen LogP contribution in [-0.4, -0.2) is 20.7 Å². The van der Waals surface area contributed by atoms with Crippen LogP contribution in [0.4, 0.5) is 35.1 Å². The molecule has 166 valence electrons. The van der Waals surface area contributed by atoms with E-state index in [-0.39, 0.29) is 29.7 Å². The molecule has 4 nitrogen and oxygen atoms in total. The van der Waals surface area contributed by atoms with Gasteiger partial charge in [0.25, 0.3) is 0 Å². The standard InChI is InChI=1S/C19H10F8N2O2.Zn/c1-6-3-8(5-9(20)4-6)17(30)10-7(2)28-29(18(10)31)16-14(23)12(21)11(19(25,26)27)13(22)15(16)24;/h3-5,31H,1-2H3;. The maximum Gasteiger partial charge on any atom is 0.422 e.